The van der Waals surface area contributed by atoms with Gasteiger partial charge in [-0.15, -0.1) is 10.2 Å². The summed E-state index contributed by atoms with van der Waals surface area (Å²) in [5.74, 6) is 0.953. The standard InChI is InChI=1S/C11H21N5O/c1-4-8(2)10(12)11(17)13-6-5-9-15-14-7-16(9)3/h7-8,10H,4-6,12H2,1-3H3,(H,13,17)/t8-,10-/m0/s1. The molecule has 1 aromatic rings. The summed E-state index contributed by atoms with van der Waals surface area (Å²) in [5.41, 5.74) is 5.82. The van der Waals surface area contributed by atoms with Crippen molar-refractivity contribution in [2.45, 2.75) is 32.7 Å². The minimum absolute atomic E-state index is 0.0958. The van der Waals surface area contributed by atoms with Gasteiger partial charge in [-0.05, 0) is 5.92 Å². The molecule has 0 aliphatic carbocycles. The average molecular weight is 239 g/mol. The van der Waals surface area contributed by atoms with Crippen LogP contribution in [-0.2, 0) is 18.3 Å². The lowest BCUT2D eigenvalue weighted by molar-refractivity contribution is -0.123. The van der Waals surface area contributed by atoms with Crippen molar-refractivity contribution in [2.75, 3.05) is 6.54 Å². The Labute approximate surface area is 102 Å². The molecule has 3 N–H and O–H groups in total. The summed E-state index contributed by atoms with van der Waals surface area (Å²) in [4.78, 5) is 11.7. The van der Waals surface area contributed by atoms with Crippen molar-refractivity contribution in [1.82, 2.24) is 20.1 Å². The third-order valence-electron chi connectivity index (χ3n) is 3.01. The van der Waals surface area contributed by atoms with Crippen LogP contribution in [0, 0.1) is 5.92 Å². The first-order chi connectivity index (χ1) is 8.06. The molecule has 0 aromatic carbocycles. The summed E-state index contributed by atoms with van der Waals surface area (Å²) < 4.78 is 1.83. The highest BCUT2D eigenvalue weighted by Gasteiger charge is 2.18. The molecule has 1 rings (SSSR count). The number of carbonyl (C=O) groups is 1. The van der Waals surface area contributed by atoms with Crippen molar-refractivity contribution < 1.29 is 4.79 Å². The van der Waals surface area contributed by atoms with Crippen molar-refractivity contribution in [1.29, 1.82) is 0 Å². The minimum atomic E-state index is -0.431. The summed E-state index contributed by atoms with van der Waals surface area (Å²) >= 11 is 0. The number of hydrogen-bond donors (Lipinski definition) is 2. The number of nitrogens with two attached hydrogens (primary N) is 1. The van der Waals surface area contributed by atoms with Gasteiger partial charge >= 0.3 is 0 Å². The molecule has 0 fully saturated rings. The smallest absolute Gasteiger partial charge is 0.237 e. The van der Waals surface area contributed by atoms with Gasteiger partial charge < -0.3 is 15.6 Å². The van der Waals surface area contributed by atoms with E-state index >= 15 is 0 Å². The van der Waals surface area contributed by atoms with Gasteiger partial charge in [-0.25, -0.2) is 0 Å². The highest BCUT2D eigenvalue weighted by atomic mass is 16.2. The molecular formula is C11H21N5O. The molecule has 0 aliphatic heterocycles. The van der Waals surface area contributed by atoms with Crippen molar-refractivity contribution >= 4 is 5.91 Å². The van der Waals surface area contributed by atoms with Crippen LogP contribution in [-0.4, -0.2) is 33.3 Å². The largest absolute Gasteiger partial charge is 0.354 e. The third-order valence-corrected chi connectivity index (χ3v) is 3.01. The predicted octanol–water partition coefficient (Wildman–Crippen LogP) is -0.153. The first kappa shape index (κ1) is 13.6. The van der Waals surface area contributed by atoms with Crippen LogP contribution < -0.4 is 11.1 Å². The van der Waals surface area contributed by atoms with Gasteiger partial charge in [0.05, 0.1) is 6.04 Å². The van der Waals surface area contributed by atoms with E-state index in [0.717, 1.165) is 12.2 Å². The summed E-state index contributed by atoms with van der Waals surface area (Å²) in [5, 5.41) is 10.5. The van der Waals surface area contributed by atoms with Gasteiger partial charge in [-0.2, -0.15) is 0 Å². The van der Waals surface area contributed by atoms with E-state index in [-0.39, 0.29) is 11.8 Å². The van der Waals surface area contributed by atoms with Crippen LogP contribution in [0.4, 0.5) is 0 Å². The van der Waals surface area contributed by atoms with Crippen LogP contribution in [0.25, 0.3) is 0 Å². The molecule has 0 saturated carbocycles. The lowest BCUT2D eigenvalue weighted by Gasteiger charge is -2.17. The molecule has 0 aliphatic rings. The fourth-order valence-corrected chi connectivity index (χ4v) is 1.46. The Morgan fingerprint density at radius 2 is 2.35 bits per heavy atom. The van der Waals surface area contributed by atoms with E-state index in [1.165, 1.54) is 0 Å². The number of aryl methyl sites for hydroxylation is 1. The summed E-state index contributed by atoms with van der Waals surface area (Å²) in [6.07, 6.45) is 3.20. The van der Waals surface area contributed by atoms with Gasteiger partial charge in [0, 0.05) is 20.0 Å². The van der Waals surface area contributed by atoms with E-state index in [4.69, 9.17) is 5.73 Å². The molecule has 1 amide bonds. The number of carbonyl (C=O) groups excluding carboxylic acids is 1. The number of rotatable bonds is 6. The number of amides is 1. The lowest BCUT2D eigenvalue weighted by Crippen LogP contribution is -2.45. The number of nitrogens with one attached hydrogen (secondary N) is 1. The van der Waals surface area contributed by atoms with Crippen molar-refractivity contribution in [3.63, 3.8) is 0 Å². The molecule has 0 radical (unpaired) electrons. The number of nitrogens with zero attached hydrogens (tertiary/aromatic N) is 3. The predicted molar refractivity (Wildman–Crippen MR) is 65.1 cm³/mol. The normalized spacial score (nSPS) is 14.4. The monoisotopic (exact) mass is 239 g/mol. The fourth-order valence-electron chi connectivity index (χ4n) is 1.46. The Hall–Kier alpha value is -1.43. The summed E-state index contributed by atoms with van der Waals surface area (Å²) in [6, 6.07) is -0.431. The molecular weight excluding hydrogens is 218 g/mol. The summed E-state index contributed by atoms with van der Waals surface area (Å²) in [6.45, 7) is 4.54. The zero-order valence-corrected chi connectivity index (χ0v) is 10.7. The lowest BCUT2D eigenvalue weighted by atomic mass is 9.99. The van der Waals surface area contributed by atoms with Gasteiger partial charge in [0.15, 0.2) is 0 Å². The van der Waals surface area contributed by atoms with E-state index in [9.17, 15) is 4.79 Å². The van der Waals surface area contributed by atoms with Crippen LogP contribution in [0.5, 0.6) is 0 Å². The Bertz CT molecular complexity index is 362. The van der Waals surface area contributed by atoms with Crippen LogP contribution >= 0.6 is 0 Å². The van der Waals surface area contributed by atoms with Gasteiger partial charge in [0.25, 0.3) is 0 Å². The maximum atomic E-state index is 11.7. The van der Waals surface area contributed by atoms with Crippen molar-refractivity contribution in [3.8, 4) is 0 Å². The fraction of sp³-hybridized carbons (Fsp3) is 0.727. The highest BCUT2D eigenvalue weighted by Crippen LogP contribution is 2.04. The summed E-state index contributed by atoms with van der Waals surface area (Å²) in [7, 11) is 1.88. The SMILES string of the molecule is CC[C@H](C)[C@H](N)C(=O)NCCc1nncn1C. The zero-order chi connectivity index (χ0) is 12.8. The second-order valence-electron chi connectivity index (χ2n) is 4.31. The minimum Gasteiger partial charge on any atom is -0.354 e. The van der Waals surface area contributed by atoms with Crippen molar-refractivity contribution in [2.24, 2.45) is 18.7 Å². The Morgan fingerprint density at radius 1 is 1.65 bits per heavy atom. The van der Waals surface area contributed by atoms with Gasteiger partial charge in [0.1, 0.15) is 12.2 Å². The molecule has 6 nitrogen and oxygen atoms in total. The van der Waals surface area contributed by atoms with Crippen LogP contribution in [0.2, 0.25) is 0 Å². The molecule has 1 aromatic heterocycles. The Kier molecular flexibility index (Phi) is 5.09. The molecule has 2 atom stereocenters. The molecule has 96 valence electrons. The van der Waals surface area contributed by atoms with E-state index in [1.54, 1.807) is 6.33 Å². The maximum absolute atomic E-state index is 11.7. The topological polar surface area (TPSA) is 85.8 Å². The van der Waals surface area contributed by atoms with Gasteiger partial charge in [-0.1, -0.05) is 20.3 Å². The number of aromatic nitrogens is 3. The van der Waals surface area contributed by atoms with Crippen molar-refractivity contribution in [3.05, 3.63) is 12.2 Å². The maximum Gasteiger partial charge on any atom is 0.237 e. The van der Waals surface area contributed by atoms with E-state index < -0.39 is 6.04 Å². The zero-order valence-electron chi connectivity index (χ0n) is 10.7. The number of hydrogen-bond acceptors (Lipinski definition) is 4. The van der Waals surface area contributed by atoms with Crippen LogP contribution in [0.1, 0.15) is 26.1 Å². The average Bonchev–Trinajstić information content (AvgIpc) is 2.73. The molecule has 0 spiro atoms. The molecule has 1 heterocycles. The second kappa shape index (κ2) is 6.34. The molecule has 0 unspecified atom stereocenters. The van der Waals surface area contributed by atoms with E-state index in [2.05, 4.69) is 15.5 Å². The highest BCUT2D eigenvalue weighted by molar-refractivity contribution is 5.81. The third kappa shape index (κ3) is 3.81. The van der Waals surface area contributed by atoms with E-state index in [1.807, 2.05) is 25.5 Å². The first-order valence-corrected chi connectivity index (χ1v) is 5.92. The van der Waals surface area contributed by atoms with Crippen LogP contribution in [0.3, 0.4) is 0 Å². The molecule has 0 saturated heterocycles. The first-order valence-electron chi connectivity index (χ1n) is 5.92. The Morgan fingerprint density at radius 3 is 2.88 bits per heavy atom. The van der Waals surface area contributed by atoms with E-state index in [0.29, 0.717) is 13.0 Å². The van der Waals surface area contributed by atoms with Gasteiger partial charge in [0.2, 0.25) is 5.91 Å². The second-order valence-corrected chi connectivity index (χ2v) is 4.31. The molecule has 0 bridgehead atoms. The Balaban J connectivity index is 2.32. The van der Waals surface area contributed by atoms with Crippen LogP contribution in [0.15, 0.2) is 6.33 Å². The molecule has 17 heavy (non-hydrogen) atoms. The van der Waals surface area contributed by atoms with Gasteiger partial charge in [-0.3, -0.25) is 4.79 Å². The molecule has 6 heteroatoms. The quantitative estimate of drug-likeness (QED) is 0.722.